The molecule has 0 aliphatic carbocycles. The van der Waals surface area contributed by atoms with Gasteiger partial charge >= 0.3 is 0 Å². The van der Waals surface area contributed by atoms with Crippen molar-refractivity contribution >= 4 is 34.7 Å². The van der Waals surface area contributed by atoms with Crippen LogP contribution in [0.3, 0.4) is 0 Å². The van der Waals surface area contributed by atoms with Gasteiger partial charge in [0.25, 0.3) is 0 Å². The fourth-order valence-corrected chi connectivity index (χ4v) is 4.05. The lowest BCUT2D eigenvalue weighted by molar-refractivity contribution is -0.143. The fraction of sp³-hybridized carbons (Fsp3) is 0.435. The first-order chi connectivity index (χ1) is 15.0. The molecule has 31 heavy (non-hydrogen) atoms. The molecule has 8 nitrogen and oxygen atoms in total. The van der Waals surface area contributed by atoms with Crippen molar-refractivity contribution < 1.29 is 19.1 Å². The summed E-state index contributed by atoms with van der Waals surface area (Å²) in [6, 6.07) is 13.5. The number of benzene rings is 2. The molecule has 0 spiro atoms. The van der Waals surface area contributed by atoms with Crippen molar-refractivity contribution in [3.8, 4) is 0 Å². The van der Waals surface area contributed by atoms with Gasteiger partial charge in [-0.05, 0) is 38.3 Å². The molecule has 3 N–H and O–H groups in total. The monoisotopic (exact) mass is 426 g/mol. The highest BCUT2D eigenvalue weighted by Crippen LogP contribution is 2.28. The van der Waals surface area contributed by atoms with Gasteiger partial charge < -0.3 is 25.6 Å². The number of anilines is 1. The van der Waals surface area contributed by atoms with Crippen molar-refractivity contribution in [1.29, 1.82) is 0 Å². The molecule has 2 saturated heterocycles. The van der Waals surface area contributed by atoms with Gasteiger partial charge in [-0.25, -0.2) is 0 Å². The molecule has 2 aliphatic heterocycles. The number of nitrogens with one attached hydrogen (secondary N) is 3. The Hall–Kier alpha value is -2.97. The Labute approximate surface area is 182 Å². The highest BCUT2D eigenvalue weighted by atomic mass is 16.5. The van der Waals surface area contributed by atoms with E-state index in [2.05, 4.69) is 16.0 Å². The maximum Gasteiger partial charge on any atom is 0.247 e. The Morgan fingerprint density at radius 2 is 1.94 bits per heavy atom. The number of hydrogen-bond donors (Lipinski definition) is 3. The lowest BCUT2D eigenvalue weighted by atomic mass is 10.1. The van der Waals surface area contributed by atoms with E-state index in [9.17, 15) is 14.4 Å². The molecule has 0 bridgehead atoms. The predicted octanol–water partition coefficient (Wildman–Crippen LogP) is 1.86. The van der Waals surface area contributed by atoms with Gasteiger partial charge in [0.1, 0.15) is 12.3 Å². The molecule has 4 rings (SSSR count). The Kier molecular flexibility index (Phi) is 7.97. The lowest BCUT2D eigenvalue weighted by Crippen LogP contribution is -2.51. The highest BCUT2D eigenvalue weighted by Gasteiger charge is 2.40. The van der Waals surface area contributed by atoms with Crippen molar-refractivity contribution in [2.45, 2.75) is 44.5 Å². The Bertz CT molecular complexity index is 914. The second-order valence-corrected chi connectivity index (χ2v) is 7.73. The maximum absolute atomic E-state index is 12.4. The summed E-state index contributed by atoms with van der Waals surface area (Å²) in [6.07, 6.45) is 3.01. The minimum Gasteiger partial charge on any atom is -0.358 e. The molecule has 3 atom stereocenters. The van der Waals surface area contributed by atoms with Crippen LogP contribution in [0.25, 0.3) is 10.8 Å². The highest BCUT2D eigenvalue weighted by molar-refractivity contribution is 5.97. The Morgan fingerprint density at radius 1 is 1.16 bits per heavy atom. The minimum atomic E-state index is -0.448. The van der Waals surface area contributed by atoms with Crippen molar-refractivity contribution in [3.05, 3.63) is 42.5 Å². The zero-order valence-electron chi connectivity index (χ0n) is 18.0. The van der Waals surface area contributed by atoms with E-state index in [1.807, 2.05) is 49.4 Å². The molecule has 0 saturated carbocycles. The van der Waals surface area contributed by atoms with E-state index in [0.717, 1.165) is 29.3 Å². The van der Waals surface area contributed by atoms with Crippen molar-refractivity contribution in [1.82, 2.24) is 15.5 Å². The van der Waals surface area contributed by atoms with Gasteiger partial charge in [0.15, 0.2) is 0 Å². The lowest BCUT2D eigenvalue weighted by Gasteiger charge is -2.28. The van der Waals surface area contributed by atoms with Crippen LogP contribution >= 0.6 is 0 Å². The number of rotatable bonds is 5. The molecular formula is C23H30N4O4. The molecule has 0 aromatic heterocycles. The third-order valence-electron chi connectivity index (χ3n) is 5.56. The molecule has 2 aromatic carbocycles. The van der Waals surface area contributed by atoms with E-state index >= 15 is 0 Å². The summed E-state index contributed by atoms with van der Waals surface area (Å²) in [5, 5.41) is 10.4. The number of hydrogen-bond acceptors (Lipinski definition) is 5. The van der Waals surface area contributed by atoms with E-state index in [0.29, 0.717) is 19.4 Å². The van der Waals surface area contributed by atoms with E-state index in [-0.39, 0.29) is 30.6 Å². The molecule has 2 heterocycles. The SMILES string of the molecule is CNCC(=O)N[C@H]1CCOC2CCC(C)N2C1=O.O=CNc1cccc2ccccc12. The van der Waals surface area contributed by atoms with Crippen LogP contribution in [0.1, 0.15) is 26.2 Å². The summed E-state index contributed by atoms with van der Waals surface area (Å²) >= 11 is 0. The van der Waals surface area contributed by atoms with Crippen LogP contribution in [0, 0.1) is 0 Å². The number of fused-ring (bicyclic) bond motifs is 2. The van der Waals surface area contributed by atoms with Gasteiger partial charge in [-0.2, -0.15) is 0 Å². The second kappa shape index (κ2) is 10.9. The molecule has 166 valence electrons. The number of carbonyl (C=O) groups is 3. The first kappa shape index (κ1) is 22.7. The van der Waals surface area contributed by atoms with Crippen molar-refractivity contribution in [3.63, 3.8) is 0 Å². The van der Waals surface area contributed by atoms with Crippen molar-refractivity contribution in [2.75, 3.05) is 25.5 Å². The third-order valence-corrected chi connectivity index (χ3v) is 5.56. The van der Waals surface area contributed by atoms with Crippen LogP contribution in [0.2, 0.25) is 0 Å². The number of nitrogens with zero attached hydrogens (tertiary/aromatic N) is 1. The van der Waals surface area contributed by atoms with Crippen LogP contribution in [-0.2, 0) is 19.1 Å². The Morgan fingerprint density at radius 3 is 2.71 bits per heavy atom. The van der Waals surface area contributed by atoms with Gasteiger partial charge in [0.05, 0.1) is 13.2 Å². The molecule has 0 radical (unpaired) electrons. The van der Waals surface area contributed by atoms with Gasteiger partial charge in [-0.1, -0.05) is 36.4 Å². The summed E-state index contributed by atoms with van der Waals surface area (Å²) in [5.41, 5.74) is 0.855. The number of carbonyl (C=O) groups excluding carboxylic acids is 3. The Balaban J connectivity index is 0.000000185. The smallest absolute Gasteiger partial charge is 0.247 e. The van der Waals surface area contributed by atoms with Crippen LogP contribution in [0.5, 0.6) is 0 Å². The number of amides is 3. The summed E-state index contributed by atoms with van der Waals surface area (Å²) in [4.78, 5) is 36.0. The fourth-order valence-electron chi connectivity index (χ4n) is 4.05. The van der Waals surface area contributed by atoms with Crippen molar-refractivity contribution in [2.24, 2.45) is 0 Å². The first-order valence-corrected chi connectivity index (χ1v) is 10.6. The van der Waals surface area contributed by atoms with Crippen LogP contribution in [0.15, 0.2) is 42.5 Å². The topological polar surface area (TPSA) is 99.8 Å². The van der Waals surface area contributed by atoms with Crippen LogP contribution < -0.4 is 16.0 Å². The van der Waals surface area contributed by atoms with Gasteiger partial charge in [-0.15, -0.1) is 0 Å². The minimum absolute atomic E-state index is 0.00745. The van der Waals surface area contributed by atoms with Gasteiger partial charge in [0, 0.05) is 23.5 Å². The van der Waals surface area contributed by atoms with Gasteiger partial charge in [-0.3, -0.25) is 14.4 Å². The average Bonchev–Trinajstić information content (AvgIpc) is 3.06. The summed E-state index contributed by atoms with van der Waals surface area (Å²) in [6.45, 7) is 2.77. The summed E-state index contributed by atoms with van der Waals surface area (Å²) < 4.78 is 5.68. The molecule has 2 aliphatic rings. The molecule has 2 unspecified atom stereocenters. The van der Waals surface area contributed by atoms with E-state index in [1.165, 1.54) is 0 Å². The summed E-state index contributed by atoms with van der Waals surface area (Å²) in [7, 11) is 1.70. The van der Waals surface area contributed by atoms with Crippen LogP contribution in [-0.4, -0.2) is 61.6 Å². The number of ether oxygens (including phenoxy) is 1. The largest absolute Gasteiger partial charge is 0.358 e. The third kappa shape index (κ3) is 5.59. The summed E-state index contributed by atoms with van der Waals surface area (Å²) in [5.74, 6) is -0.159. The zero-order chi connectivity index (χ0) is 22.2. The number of likely N-dealkylation sites (N-methyl/N-ethyl adjacent to an activating group) is 1. The first-order valence-electron chi connectivity index (χ1n) is 10.6. The van der Waals surface area contributed by atoms with Gasteiger partial charge in [0.2, 0.25) is 18.2 Å². The van der Waals surface area contributed by atoms with E-state index in [1.54, 1.807) is 11.9 Å². The molecule has 2 fully saturated rings. The molecule has 8 heteroatoms. The molecule has 3 amide bonds. The average molecular weight is 427 g/mol. The molecule has 2 aromatic rings. The van der Waals surface area contributed by atoms with E-state index < -0.39 is 6.04 Å². The maximum atomic E-state index is 12.4. The second-order valence-electron chi connectivity index (χ2n) is 7.73. The van der Waals surface area contributed by atoms with Crippen LogP contribution in [0.4, 0.5) is 5.69 Å². The molecular weight excluding hydrogens is 396 g/mol. The quantitative estimate of drug-likeness (QED) is 0.634. The van der Waals surface area contributed by atoms with E-state index in [4.69, 9.17) is 4.74 Å². The standard InChI is InChI=1S/C12H21N3O3.C11H9NO/c1-8-3-4-11-15(8)12(17)9(5-6-18-11)14-10(16)7-13-2;13-8-12-11-7-3-5-9-4-1-2-6-10(9)11/h8-9,11,13H,3-7H2,1-2H3,(H,14,16);1-8H,(H,12,13)/t8?,9-,11?;/m0./s1. The normalized spacial score (nSPS) is 22.7. The predicted molar refractivity (Wildman–Crippen MR) is 119 cm³/mol. The zero-order valence-corrected chi connectivity index (χ0v) is 18.0.